The molecule has 3 N–H and O–H groups in total. The van der Waals surface area contributed by atoms with E-state index in [1.165, 1.54) is 0 Å². The largest absolute Gasteiger partial charge is 0.454 e. The van der Waals surface area contributed by atoms with Crippen LogP contribution in [0.3, 0.4) is 0 Å². The van der Waals surface area contributed by atoms with Crippen LogP contribution in [0.15, 0.2) is 54.9 Å². The van der Waals surface area contributed by atoms with Crippen molar-refractivity contribution in [1.82, 2.24) is 19.5 Å². The molecule has 2 aromatic carbocycles. The van der Waals surface area contributed by atoms with Crippen LogP contribution in [0.4, 0.5) is 17.5 Å². The van der Waals surface area contributed by atoms with Crippen LogP contribution >= 0.6 is 0 Å². The van der Waals surface area contributed by atoms with Gasteiger partial charge in [0.05, 0.1) is 6.10 Å². The Morgan fingerprint density at radius 3 is 2.61 bits per heavy atom. The second-order valence-electron chi connectivity index (χ2n) is 8.36. The summed E-state index contributed by atoms with van der Waals surface area (Å²) < 4.78 is 12.9. The molecule has 0 atom stereocenters. The molecule has 2 aromatic heterocycles. The molecule has 1 aliphatic heterocycles. The lowest BCUT2D eigenvalue weighted by molar-refractivity contribution is 0.126. The molecule has 0 spiro atoms. The number of para-hydroxylation sites is 1. The van der Waals surface area contributed by atoms with Crippen molar-refractivity contribution in [2.45, 2.75) is 37.8 Å². The highest BCUT2D eigenvalue weighted by atomic mass is 16.7. The van der Waals surface area contributed by atoms with Crippen molar-refractivity contribution in [2.75, 3.05) is 17.4 Å². The molecule has 33 heavy (non-hydrogen) atoms. The highest BCUT2D eigenvalue weighted by molar-refractivity contribution is 5.87. The third-order valence-corrected chi connectivity index (χ3v) is 6.10. The van der Waals surface area contributed by atoms with E-state index in [2.05, 4.69) is 15.6 Å². The molecular weight excluding hydrogens is 420 g/mol. The van der Waals surface area contributed by atoms with Gasteiger partial charge in [-0.3, -0.25) is 4.57 Å². The molecule has 0 saturated heterocycles. The second-order valence-corrected chi connectivity index (χ2v) is 8.36. The summed E-state index contributed by atoms with van der Waals surface area (Å²) in [7, 11) is 0. The number of imidazole rings is 1. The maximum atomic E-state index is 9.84. The summed E-state index contributed by atoms with van der Waals surface area (Å²) >= 11 is 0. The molecule has 168 valence electrons. The molecule has 1 saturated carbocycles. The molecule has 4 aromatic rings. The zero-order chi connectivity index (χ0) is 22.2. The summed E-state index contributed by atoms with van der Waals surface area (Å²) in [6.07, 6.45) is 4.88. The van der Waals surface area contributed by atoms with E-state index in [1.807, 2.05) is 53.1 Å². The number of nitrogens with one attached hydrogen (secondary N) is 2. The van der Waals surface area contributed by atoms with E-state index in [-0.39, 0.29) is 18.9 Å². The van der Waals surface area contributed by atoms with Crippen LogP contribution in [-0.4, -0.2) is 43.6 Å². The Morgan fingerprint density at radius 2 is 1.76 bits per heavy atom. The number of hydrogen-bond acceptors (Lipinski definition) is 8. The third-order valence-electron chi connectivity index (χ3n) is 6.10. The average molecular weight is 444 g/mol. The number of rotatable bonds is 5. The van der Waals surface area contributed by atoms with Crippen molar-refractivity contribution in [3.8, 4) is 17.2 Å². The molecule has 6 rings (SSSR count). The van der Waals surface area contributed by atoms with Crippen molar-refractivity contribution < 1.29 is 14.6 Å². The molecule has 0 unspecified atom stereocenters. The van der Waals surface area contributed by atoms with Gasteiger partial charge >= 0.3 is 0 Å². The first-order chi connectivity index (χ1) is 16.2. The summed E-state index contributed by atoms with van der Waals surface area (Å²) in [5.74, 6) is 2.56. The Bertz CT molecular complexity index is 1280. The molecule has 1 fully saturated rings. The number of aromatic nitrogens is 4. The maximum absolute atomic E-state index is 9.84. The Morgan fingerprint density at radius 1 is 0.939 bits per heavy atom. The summed E-state index contributed by atoms with van der Waals surface area (Å²) in [5.41, 5.74) is 3.17. The van der Waals surface area contributed by atoms with E-state index in [4.69, 9.17) is 19.4 Å². The third kappa shape index (κ3) is 3.91. The van der Waals surface area contributed by atoms with Gasteiger partial charge in [-0.2, -0.15) is 9.97 Å². The van der Waals surface area contributed by atoms with Gasteiger partial charge in [-0.1, -0.05) is 18.2 Å². The number of fused-ring (bicyclic) bond motifs is 2. The van der Waals surface area contributed by atoms with Crippen LogP contribution in [0.1, 0.15) is 25.7 Å². The molecule has 9 nitrogen and oxygen atoms in total. The Labute approximate surface area is 190 Å². The Kier molecular flexibility index (Phi) is 4.95. The summed E-state index contributed by atoms with van der Waals surface area (Å²) in [5, 5.41) is 16.7. The monoisotopic (exact) mass is 444 g/mol. The SMILES string of the molecule is OC1CCC(Nc2nc(Nc3ccc4c(c3)OCO4)c3ncn(-c4ccccc4)c3n2)CC1. The first-order valence-corrected chi connectivity index (χ1v) is 11.1. The van der Waals surface area contributed by atoms with E-state index in [1.54, 1.807) is 6.33 Å². The lowest BCUT2D eigenvalue weighted by atomic mass is 9.93. The zero-order valence-electron chi connectivity index (χ0n) is 17.9. The number of benzene rings is 2. The topological polar surface area (TPSA) is 106 Å². The minimum absolute atomic E-state index is 0.214. The van der Waals surface area contributed by atoms with E-state index in [0.717, 1.165) is 42.8 Å². The number of anilines is 3. The van der Waals surface area contributed by atoms with Crippen LogP contribution in [0, 0.1) is 0 Å². The molecule has 0 bridgehead atoms. The quantitative estimate of drug-likeness (QED) is 0.424. The molecule has 0 radical (unpaired) electrons. The summed E-state index contributed by atoms with van der Waals surface area (Å²) in [6, 6.07) is 15.9. The molecule has 0 amide bonds. The van der Waals surface area contributed by atoms with Crippen LogP contribution in [0.2, 0.25) is 0 Å². The number of ether oxygens (including phenoxy) is 2. The van der Waals surface area contributed by atoms with Crippen molar-refractivity contribution in [3.63, 3.8) is 0 Å². The van der Waals surface area contributed by atoms with E-state index < -0.39 is 0 Å². The normalized spacial score (nSPS) is 19.5. The van der Waals surface area contributed by atoms with Crippen molar-refractivity contribution >= 4 is 28.6 Å². The van der Waals surface area contributed by atoms with Gasteiger partial charge < -0.3 is 25.2 Å². The summed E-state index contributed by atoms with van der Waals surface area (Å²) in [6.45, 7) is 0.224. The number of aliphatic hydroxyl groups is 1. The van der Waals surface area contributed by atoms with Gasteiger partial charge in [0.25, 0.3) is 0 Å². The average Bonchev–Trinajstić information content (AvgIpc) is 3.48. The highest BCUT2D eigenvalue weighted by Crippen LogP contribution is 2.36. The first-order valence-electron chi connectivity index (χ1n) is 11.1. The highest BCUT2D eigenvalue weighted by Gasteiger charge is 2.22. The molecular formula is C24H24N6O3. The van der Waals surface area contributed by atoms with Crippen molar-refractivity contribution in [2.24, 2.45) is 0 Å². The molecule has 3 heterocycles. The fourth-order valence-corrected chi connectivity index (χ4v) is 4.34. The number of nitrogens with zero attached hydrogens (tertiary/aromatic N) is 4. The lowest BCUT2D eigenvalue weighted by Crippen LogP contribution is -2.29. The molecule has 1 aliphatic carbocycles. The van der Waals surface area contributed by atoms with Gasteiger partial charge in [-0.15, -0.1) is 0 Å². The van der Waals surface area contributed by atoms with Crippen LogP contribution < -0.4 is 20.1 Å². The van der Waals surface area contributed by atoms with Gasteiger partial charge in [0, 0.05) is 23.5 Å². The maximum Gasteiger partial charge on any atom is 0.231 e. The van der Waals surface area contributed by atoms with Gasteiger partial charge in [0.1, 0.15) is 6.33 Å². The Hall–Kier alpha value is -3.85. The van der Waals surface area contributed by atoms with Gasteiger partial charge in [-0.25, -0.2) is 4.98 Å². The fraction of sp³-hybridized carbons (Fsp3) is 0.292. The van der Waals surface area contributed by atoms with Crippen LogP contribution in [-0.2, 0) is 0 Å². The second kappa shape index (κ2) is 8.25. The Balaban J connectivity index is 1.39. The van der Waals surface area contributed by atoms with Gasteiger partial charge in [0.15, 0.2) is 28.5 Å². The van der Waals surface area contributed by atoms with E-state index in [9.17, 15) is 5.11 Å². The van der Waals surface area contributed by atoms with Crippen molar-refractivity contribution in [1.29, 1.82) is 0 Å². The van der Waals surface area contributed by atoms with E-state index in [0.29, 0.717) is 28.7 Å². The lowest BCUT2D eigenvalue weighted by Gasteiger charge is -2.26. The minimum atomic E-state index is -0.214. The predicted molar refractivity (Wildman–Crippen MR) is 124 cm³/mol. The number of aliphatic hydroxyl groups excluding tert-OH is 1. The molecule has 9 heteroatoms. The smallest absolute Gasteiger partial charge is 0.231 e. The summed E-state index contributed by atoms with van der Waals surface area (Å²) in [4.78, 5) is 14.2. The zero-order valence-corrected chi connectivity index (χ0v) is 17.9. The first kappa shape index (κ1) is 19.8. The van der Waals surface area contributed by atoms with Crippen molar-refractivity contribution in [3.05, 3.63) is 54.9 Å². The van der Waals surface area contributed by atoms with E-state index >= 15 is 0 Å². The fourth-order valence-electron chi connectivity index (χ4n) is 4.34. The van der Waals surface area contributed by atoms with Gasteiger partial charge in [0.2, 0.25) is 12.7 Å². The van der Waals surface area contributed by atoms with Crippen LogP contribution in [0.5, 0.6) is 11.5 Å². The molecule has 2 aliphatic rings. The number of hydrogen-bond donors (Lipinski definition) is 3. The van der Waals surface area contributed by atoms with Crippen LogP contribution in [0.25, 0.3) is 16.9 Å². The standard InChI is InChI=1S/C24H24N6O3/c31-18-9-6-15(7-10-18)27-24-28-22(26-16-8-11-19-20(12-16)33-14-32-19)21-23(29-24)30(13-25-21)17-4-2-1-3-5-17/h1-5,8,11-13,15,18,31H,6-7,9-10,14H2,(H2,26,27,28,29). The minimum Gasteiger partial charge on any atom is -0.454 e. The van der Waals surface area contributed by atoms with Gasteiger partial charge in [-0.05, 0) is 49.9 Å². The predicted octanol–water partition coefficient (Wildman–Crippen LogP) is 4.00.